The van der Waals surface area contributed by atoms with Crippen molar-refractivity contribution in [2.24, 2.45) is 7.05 Å². The van der Waals surface area contributed by atoms with Gasteiger partial charge in [0.15, 0.2) is 0 Å². The van der Waals surface area contributed by atoms with Crippen molar-refractivity contribution in [2.45, 2.75) is 13.5 Å². The smallest absolute Gasteiger partial charge is 0.265 e. The number of aromatic nitrogens is 2. The van der Waals surface area contributed by atoms with E-state index in [0.29, 0.717) is 22.1 Å². The lowest BCUT2D eigenvalue weighted by atomic mass is 10.2. The molecule has 4 aromatic rings. The number of amides is 1. The van der Waals surface area contributed by atoms with Crippen LogP contribution in [0.2, 0.25) is 5.02 Å². The molecule has 2 N–H and O–H groups in total. The lowest BCUT2D eigenvalue weighted by molar-refractivity contribution is 0.103. The monoisotopic (exact) mass is 410 g/mol. The largest absolute Gasteiger partial charge is 0.380 e. The molecular weight excluding hydrogens is 392 g/mol. The lowest BCUT2D eigenvalue weighted by Gasteiger charge is -2.11. The number of anilines is 2. The molecule has 1 amide bonds. The number of fused-ring (bicyclic) bond motifs is 1. The zero-order valence-electron chi connectivity index (χ0n) is 15.5. The van der Waals surface area contributed by atoms with Crippen LogP contribution < -0.4 is 10.6 Å². The molecule has 4 rings (SSSR count). The predicted octanol–water partition coefficient (Wildman–Crippen LogP) is 5.46. The predicted molar refractivity (Wildman–Crippen MR) is 117 cm³/mol. The molecule has 0 saturated carbocycles. The third kappa shape index (κ3) is 3.74. The zero-order chi connectivity index (χ0) is 19.7. The van der Waals surface area contributed by atoms with Crippen molar-refractivity contribution in [1.82, 2.24) is 9.78 Å². The Hall–Kier alpha value is -2.83. The number of rotatable bonds is 5. The van der Waals surface area contributed by atoms with E-state index in [4.69, 9.17) is 11.6 Å². The molecule has 2 aromatic heterocycles. The van der Waals surface area contributed by atoms with Gasteiger partial charge in [-0.25, -0.2) is 0 Å². The number of hydrogen-bond acceptors (Lipinski definition) is 4. The molecule has 0 radical (unpaired) electrons. The van der Waals surface area contributed by atoms with E-state index in [2.05, 4.69) is 27.9 Å². The fourth-order valence-corrected chi connectivity index (χ4v) is 4.30. The standard InChI is InChI=1S/C21H19ClN4OS/c1-13-16-11-19(28-21(16)26(2)25-13)20(27)24-15-8-9-18(17(22)10-15)23-12-14-6-4-3-5-7-14/h3-11,23H,12H2,1-2H3,(H,24,27). The van der Waals surface area contributed by atoms with Crippen LogP contribution in [0.15, 0.2) is 54.6 Å². The molecular formula is C21H19ClN4OS. The van der Waals surface area contributed by atoms with Crippen LogP contribution in [0.25, 0.3) is 10.2 Å². The van der Waals surface area contributed by atoms with Gasteiger partial charge in [-0.05, 0) is 36.8 Å². The van der Waals surface area contributed by atoms with Gasteiger partial charge in [-0.3, -0.25) is 9.48 Å². The van der Waals surface area contributed by atoms with Crippen LogP contribution in [-0.2, 0) is 13.6 Å². The van der Waals surface area contributed by atoms with Crippen molar-refractivity contribution in [3.63, 3.8) is 0 Å². The fraction of sp³-hybridized carbons (Fsp3) is 0.143. The number of halogens is 1. The summed E-state index contributed by atoms with van der Waals surface area (Å²) in [6, 6.07) is 17.5. The highest BCUT2D eigenvalue weighted by molar-refractivity contribution is 7.20. The number of hydrogen-bond donors (Lipinski definition) is 2. The molecule has 2 heterocycles. The van der Waals surface area contributed by atoms with Crippen LogP contribution in [0.1, 0.15) is 20.9 Å². The molecule has 0 atom stereocenters. The van der Waals surface area contributed by atoms with Crippen LogP contribution in [0.4, 0.5) is 11.4 Å². The minimum atomic E-state index is -0.151. The first-order valence-electron chi connectivity index (χ1n) is 8.83. The summed E-state index contributed by atoms with van der Waals surface area (Å²) in [6.45, 7) is 2.62. The van der Waals surface area contributed by atoms with Crippen molar-refractivity contribution in [3.8, 4) is 0 Å². The van der Waals surface area contributed by atoms with Crippen molar-refractivity contribution in [2.75, 3.05) is 10.6 Å². The topological polar surface area (TPSA) is 59.0 Å². The number of nitrogens with zero attached hydrogens (tertiary/aromatic N) is 2. The van der Waals surface area contributed by atoms with E-state index in [1.54, 1.807) is 10.7 Å². The van der Waals surface area contributed by atoms with Crippen molar-refractivity contribution < 1.29 is 4.79 Å². The first-order valence-corrected chi connectivity index (χ1v) is 10.0. The van der Waals surface area contributed by atoms with Gasteiger partial charge in [0, 0.05) is 24.7 Å². The highest BCUT2D eigenvalue weighted by Gasteiger charge is 2.15. The van der Waals surface area contributed by atoms with Gasteiger partial charge in [0.1, 0.15) is 4.83 Å². The Morgan fingerprint density at radius 1 is 1.18 bits per heavy atom. The number of thiophene rings is 1. The minimum Gasteiger partial charge on any atom is -0.380 e. The summed E-state index contributed by atoms with van der Waals surface area (Å²) >= 11 is 7.82. The highest BCUT2D eigenvalue weighted by atomic mass is 35.5. The fourth-order valence-electron chi connectivity index (χ4n) is 3.04. The molecule has 0 bridgehead atoms. The van der Waals surface area contributed by atoms with Gasteiger partial charge >= 0.3 is 0 Å². The van der Waals surface area contributed by atoms with Gasteiger partial charge in [-0.1, -0.05) is 41.9 Å². The van der Waals surface area contributed by atoms with E-state index >= 15 is 0 Å². The van der Waals surface area contributed by atoms with Gasteiger partial charge in [0.05, 0.1) is 21.3 Å². The van der Waals surface area contributed by atoms with E-state index in [1.807, 2.05) is 50.4 Å². The second kappa shape index (κ2) is 7.66. The molecule has 142 valence electrons. The lowest BCUT2D eigenvalue weighted by Crippen LogP contribution is -2.10. The summed E-state index contributed by atoms with van der Waals surface area (Å²) in [5, 5.41) is 12.2. The normalized spacial score (nSPS) is 11.0. The summed E-state index contributed by atoms with van der Waals surface area (Å²) < 4.78 is 1.80. The second-order valence-corrected chi connectivity index (χ2v) is 7.96. The molecule has 0 saturated heterocycles. The molecule has 0 unspecified atom stereocenters. The molecule has 2 aromatic carbocycles. The third-order valence-electron chi connectivity index (χ3n) is 4.47. The first kappa shape index (κ1) is 18.5. The van der Waals surface area contributed by atoms with Gasteiger partial charge in [0.2, 0.25) is 0 Å². The Morgan fingerprint density at radius 3 is 2.68 bits per heavy atom. The van der Waals surface area contributed by atoms with Crippen LogP contribution in [0, 0.1) is 6.92 Å². The van der Waals surface area contributed by atoms with Gasteiger partial charge < -0.3 is 10.6 Å². The van der Waals surface area contributed by atoms with Crippen molar-refractivity contribution in [3.05, 3.63) is 75.8 Å². The quantitative estimate of drug-likeness (QED) is 0.459. The number of carbonyl (C=O) groups excluding carboxylic acids is 1. The Morgan fingerprint density at radius 2 is 1.96 bits per heavy atom. The summed E-state index contributed by atoms with van der Waals surface area (Å²) in [5.41, 5.74) is 3.58. The van der Waals surface area contributed by atoms with E-state index in [9.17, 15) is 4.79 Å². The number of aryl methyl sites for hydroxylation is 2. The Labute approximate surface area is 171 Å². The maximum atomic E-state index is 12.6. The minimum absolute atomic E-state index is 0.151. The molecule has 0 spiro atoms. The van der Waals surface area contributed by atoms with Crippen LogP contribution in [0.3, 0.4) is 0 Å². The maximum absolute atomic E-state index is 12.6. The second-order valence-electron chi connectivity index (χ2n) is 6.53. The van der Waals surface area contributed by atoms with E-state index in [1.165, 1.54) is 16.9 Å². The van der Waals surface area contributed by atoms with E-state index < -0.39 is 0 Å². The first-order chi connectivity index (χ1) is 13.5. The molecule has 0 aliphatic carbocycles. The van der Waals surface area contributed by atoms with Crippen molar-refractivity contribution in [1.29, 1.82) is 0 Å². The molecule has 0 fully saturated rings. The van der Waals surface area contributed by atoms with Gasteiger partial charge in [0.25, 0.3) is 5.91 Å². The molecule has 7 heteroatoms. The Kier molecular flexibility index (Phi) is 5.07. The molecule has 28 heavy (non-hydrogen) atoms. The Balaban J connectivity index is 1.46. The van der Waals surface area contributed by atoms with Crippen LogP contribution >= 0.6 is 22.9 Å². The van der Waals surface area contributed by atoms with Crippen LogP contribution in [-0.4, -0.2) is 15.7 Å². The van der Waals surface area contributed by atoms with Gasteiger partial charge in [-0.15, -0.1) is 11.3 Å². The summed E-state index contributed by atoms with van der Waals surface area (Å²) in [7, 11) is 1.88. The number of nitrogens with one attached hydrogen (secondary N) is 2. The number of benzene rings is 2. The molecule has 5 nitrogen and oxygen atoms in total. The van der Waals surface area contributed by atoms with Crippen LogP contribution in [0.5, 0.6) is 0 Å². The van der Waals surface area contributed by atoms with E-state index in [-0.39, 0.29) is 5.91 Å². The average molecular weight is 411 g/mol. The summed E-state index contributed by atoms with van der Waals surface area (Å²) in [6.07, 6.45) is 0. The summed E-state index contributed by atoms with van der Waals surface area (Å²) in [4.78, 5) is 14.3. The Bertz CT molecular complexity index is 1120. The molecule has 0 aliphatic heterocycles. The summed E-state index contributed by atoms with van der Waals surface area (Å²) in [5.74, 6) is -0.151. The van der Waals surface area contributed by atoms with Crippen molar-refractivity contribution >= 4 is 50.4 Å². The average Bonchev–Trinajstić information content (AvgIpc) is 3.24. The maximum Gasteiger partial charge on any atom is 0.265 e. The van der Waals surface area contributed by atoms with E-state index in [0.717, 1.165) is 21.6 Å². The van der Waals surface area contributed by atoms with Gasteiger partial charge in [-0.2, -0.15) is 5.10 Å². The molecule has 0 aliphatic rings. The zero-order valence-corrected chi connectivity index (χ0v) is 17.1. The SMILES string of the molecule is Cc1nn(C)c2sc(C(=O)Nc3ccc(NCc4ccccc4)c(Cl)c3)cc12. The third-order valence-corrected chi connectivity index (χ3v) is 5.99. The highest BCUT2D eigenvalue weighted by Crippen LogP contribution is 2.30. The number of carbonyl (C=O) groups is 1.